The van der Waals surface area contributed by atoms with Gasteiger partial charge >= 0.3 is 5.90 Å². The molecule has 1 rings (SSSR count). The van der Waals surface area contributed by atoms with Crippen LogP contribution in [0.4, 0.5) is 0 Å². The van der Waals surface area contributed by atoms with Gasteiger partial charge in [0.15, 0.2) is 18.6 Å². The van der Waals surface area contributed by atoms with Gasteiger partial charge in [-0.2, -0.15) is 4.58 Å². The van der Waals surface area contributed by atoms with Crippen molar-refractivity contribution in [3.05, 3.63) is 0 Å². The predicted octanol–water partition coefficient (Wildman–Crippen LogP) is -1.80. The highest BCUT2D eigenvalue weighted by Crippen LogP contribution is 2.00. The summed E-state index contributed by atoms with van der Waals surface area (Å²) in [5, 5.41) is 10.2. The minimum atomic E-state index is -1.24. The monoisotopic (exact) mass is 143 g/mol. The van der Waals surface area contributed by atoms with Gasteiger partial charge in [0.05, 0.1) is 0 Å². The van der Waals surface area contributed by atoms with E-state index in [0.717, 1.165) is 0 Å². The van der Waals surface area contributed by atoms with Crippen LogP contribution in [-0.4, -0.2) is 36.1 Å². The molecule has 0 aromatic rings. The molecule has 0 amide bonds. The number of aliphatic carboxylic acids is 1. The highest BCUT2D eigenvalue weighted by Gasteiger charge is 2.27. The molecular weight excluding hydrogens is 134 g/mol. The van der Waals surface area contributed by atoms with Crippen molar-refractivity contribution >= 4 is 11.9 Å². The number of likely N-dealkylation sites (N-methyl/N-ethyl adjacent to an activating group) is 1. The lowest BCUT2D eigenvalue weighted by atomic mass is 10.4. The summed E-state index contributed by atoms with van der Waals surface area (Å²) in [6.07, 6.45) is -0.0436. The smallest absolute Gasteiger partial charge is 0.386 e. The molecule has 0 radical (unpaired) electrons. The van der Waals surface area contributed by atoms with E-state index in [0.29, 0.717) is 6.54 Å². The SMILES string of the molecule is CC1C[N+](C)=C(C(=O)[O-])O1. The summed E-state index contributed by atoms with van der Waals surface area (Å²) in [6, 6.07) is 0. The van der Waals surface area contributed by atoms with Gasteiger partial charge < -0.3 is 14.6 Å². The molecule has 1 atom stereocenters. The zero-order valence-corrected chi connectivity index (χ0v) is 5.96. The first-order valence-electron chi connectivity index (χ1n) is 3.07. The Morgan fingerprint density at radius 3 is 2.70 bits per heavy atom. The Morgan fingerprint density at radius 2 is 2.50 bits per heavy atom. The lowest BCUT2D eigenvalue weighted by Crippen LogP contribution is -2.35. The van der Waals surface area contributed by atoms with Crippen LogP contribution < -0.4 is 5.11 Å². The van der Waals surface area contributed by atoms with E-state index in [1.54, 1.807) is 7.05 Å². The minimum Gasteiger partial charge on any atom is -0.537 e. The molecular formula is C6H9NO3. The van der Waals surface area contributed by atoms with Crippen LogP contribution in [0.15, 0.2) is 0 Å². The third kappa shape index (κ3) is 1.10. The van der Waals surface area contributed by atoms with E-state index in [4.69, 9.17) is 4.74 Å². The largest absolute Gasteiger partial charge is 0.537 e. The maximum absolute atomic E-state index is 10.2. The Morgan fingerprint density at radius 1 is 1.90 bits per heavy atom. The van der Waals surface area contributed by atoms with Crippen LogP contribution in [0.3, 0.4) is 0 Å². The van der Waals surface area contributed by atoms with Crippen molar-refractivity contribution < 1.29 is 19.2 Å². The summed E-state index contributed by atoms with van der Waals surface area (Å²) in [7, 11) is 1.66. The molecule has 1 unspecified atom stereocenters. The summed E-state index contributed by atoms with van der Waals surface area (Å²) in [4.78, 5) is 10.2. The van der Waals surface area contributed by atoms with Gasteiger partial charge in [0.2, 0.25) is 0 Å². The van der Waals surface area contributed by atoms with Crippen molar-refractivity contribution in [3.8, 4) is 0 Å². The van der Waals surface area contributed by atoms with Crippen LogP contribution in [0.1, 0.15) is 6.92 Å². The second kappa shape index (κ2) is 2.28. The topological polar surface area (TPSA) is 52.4 Å². The number of carbonyl (C=O) groups excluding carboxylic acids is 1. The Hall–Kier alpha value is -1.06. The lowest BCUT2D eigenvalue weighted by Gasteiger charge is -1.98. The summed E-state index contributed by atoms with van der Waals surface area (Å²) in [5.41, 5.74) is 0. The molecule has 0 aromatic carbocycles. The van der Waals surface area contributed by atoms with Crippen molar-refractivity contribution in [1.29, 1.82) is 0 Å². The van der Waals surface area contributed by atoms with Gasteiger partial charge in [0.1, 0.15) is 7.05 Å². The van der Waals surface area contributed by atoms with Gasteiger partial charge in [-0.15, -0.1) is 0 Å². The lowest BCUT2D eigenvalue weighted by molar-refractivity contribution is -0.491. The number of ether oxygens (including phenoxy) is 1. The van der Waals surface area contributed by atoms with Crippen LogP contribution in [0, 0.1) is 0 Å². The number of rotatable bonds is 1. The van der Waals surface area contributed by atoms with Crippen LogP contribution in [0.2, 0.25) is 0 Å². The van der Waals surface area contributed by atoms with E-state index in [1.165, 1.54) is 4.58 Å². The standard InChI is InChI=1S/C6H9NO3/c1-4-3-7(2)5(10-4)6(8)9/h4H,3H2,1-2H3. The molecule has 56 valence electrons. The summed E-state index contributed by atoms with van der Waals surface area (Å²) >= 11 is 0. The fraction of sp³-hybridized carbons (Fsp3) is 0.667. The first kappa shape index (κ1) is 7.05. The third-order valence-electron chi connectivity index (χ3n) is 1.37. The van der Waals surface area contributed by atoms with Gasteiger partial charge in [-0.3, -0.25) is 0 Å². The summed E-state index contributed by atoms with van der Waals surface area (Å²) in [5.74, 6) is -1.31. The normalized spacial score (nSPS) is 24.8. The quantitative estimate of drug-likeness (QED) is 0.407. The van der Waals surface area contributed by atoms with Gasteiger partial charge in [0, 0.05) is 0 Å². The number of carboxylic acids is 1. The fourth-order valence-electron chi connectivity index (χ4n) is 0.990. The average Bonchev–Trinajstić information content (AvgIpc) is 2.10. The molecule has 1 aliphatic heterocycles. The average molecular weight is 143 g/mol. The molecule has 1 heterocycles. The molecule has 10 heavy (non-hydrogen) atoms. The zero-order chi connectivity index (χ0) is 7.72. The number of carbonyl (C=O) groups is 1. The van der Waals surface area contributed by atoms with E-state index < -0.39 is 5.97 Å². The molecule has 0 saturated heterocycles. The molecule has 4 nitrogen and oxygen atoms in total. The molecule has 0 saturated carbocycles. The first-order chi connectivity index (χ1) is 4.61. The van der Waals surface area contributed by atoms with Crippen molar-refractivity contribution in [3.63, 3.8) is 0 Å². The van der Waals surface area contributed by atoms with Crippen LogP contribution in [0.5, 0.6) is 0 Å². The number of nitrogens with zero attached hydrogens (tertiary/aromatic N) is 1. The molecule has 0 aromatic heterocycles. The van der Waals surface area contributed by atoms with E-state index in [9.17, 15) is 9.90 Å². The molecule has 1 aliphatic rings. The van der Waals surface area contributed by atoms with Crippen LogP contribution >= 0.6 is 0 Å². The molecule has 0 fully saturated rings. The van der Waals surface area contributed by atoms with Gasteiger partial charge in [0.25, 0.3) is 0 Å². The maximum Gasteiger partial charge on any atom is 0.386 e. The molecule has 0 bridgehead atoms. The van der Waals surface area contributed by atoms with Gasteiger partial charge in [-0.25, -0.2) is 0 Å². The van der Waals surface area contributed by atoms with Crippen LogP contribution in [-0.2, 0) is 9.53 Å². The summed E-state index contributed by atoms with van der Waals surface area (Å²) < 4.78 is 6.44. The van der Waals surface area contributed by atoms with Crippen molar-refractivity contribution in [1.82, 2.24) is 0 Å². The van der Waals surface area contributed by atoms with Crippen LogP contribution in [0.25, 0.3) is 0 Å². The minimum absolute atomic E-state index is 0.0436. The van der Waals surface area contributed by atoms with E-state index in [2.05, 4.69) is 0 Å². The highest BCUT2D eigenvalue weighted by molar-refractivity contribution is 6.28. The molecule has 0 N–H and O–H groups in total. The molecule has 4 heteroatoms. The Bertz CT molecular complexity index is 197. The van der Waals surface area contributed by atoms with Gasteiger partial charge in [-0.05, 0) is 6.92 Å². The summed E-state index contributed by atoms with van der Waals surface area (Å²) in [6.45, 7) is 2.43. The highest BCUT2D eigenvalue weighted by atomic mass is 16.5. The Balaban J connectivity index is 2.76. The zero-order valence-electron chi connectivity index (χ0n) is 5.96. The number of carboxylic acid groups (broad SMARTS) is 1. The van der Waals surface area contributed by atoms with Crippen molar-refractivity contribution in [2.75, 3.05) is 13.6 Å². The van der Waals surface area contributed by atoms with E-state index >= 15 is 0 Å². The Kier molecular flexibility index (Phi) is 1.61. The number of hydrogen-bond donors (Lipinski definition) is 0. The second-order valence-electron chi connectivity index (χ2n) is 2.40. The molecule has 0 spiro atoms. The van der Waals surface area contributed by atoms with E-state index in [1.807, 2.05) is 6.92 Å². The maximum atomic E-state index is 10.2. The Labute approximate surface area is 58.7 Å². The first-order valence-corrected chi connectivity index (χ1v) is 3.07. The van der Waals surface area contributed by atoms with Crippen molar-refractivity contribution in [2.45, 2.75) is 13.0 Å². The molecule has 0 aliphatic carbocycles. The fourth-order valence-corrected chi connectivity index (χ4v) is 0.990. The van der Waals surface area contributed by atoms with Gasteiger partial charge in [-0.1, -0.05) is 0 Å². The third-order valence-corrected chi connectivity index (χ3v) is 1.37. The van der Waals surface area contributed by atoms with E-state index in [-0.39, 0.29) is 12.0 Å². The second-order valence-corrected chi connectivity index (χ2v) is 2.40. The van der Waals surface area contributed by atoms with Crippen molar-refractivity contribution in [2.24, 2.45) is 0 Å². The number of hydrogen-bond acceptors (Lipinski definition) is 3. The predicted molar refractivity (Wildman–Crippen MR) is 31.6 cm³/mol.